The first-order valence-electron chi connectivity index (χ1n) is 17.1. The third-order valence-electron chi connectivity index (χ3n) is 11.8. The molecule has 0 aliphatic heterocycles. The van der Waals surface area contributed by atoms with Crippen LogP contribution in [0.5, 0.6) is 11.5 Å². The van der Waals surface area contributed by atoms with Gasteiger partial charge < -0.3 is 30.9 Å². The Labute approximate surface area is 283 Å². The molecule has 0 aromatic heterocycles. The van der Waals surface area contributed by atoms with Gasteiger partial charge in [-0.3, -0.25) is 14.4 Å². The van der Waals surface area contributed by atoms with Gasteiger partial charge in [0.05, 0.1) is 24.7 Å². The van der Waals surface area contributed by atoms with E-state index in [2.05, 4.69) is 19.9 Å². The molecule has 3 aliphatic rings. The number of amides is 1. The molecule has 0 radical (unpaired) electrons. The first-order valence-corrected chi connectivity index (χ1v) is 17.1. The molecule has 0 spiro atoms. The van der Waals surface area contributed by atoms with Gasteiger partial charge >= 0.3 is 0 Å². The second kappa shape index (κ2) is 11.7. The molecular weight excluding hydrogens is 610 g/mol. The Morgan fingerprint density at radius 3 is 2.21 bits per heavy atom. The van der Waals surface area contributed by atoms with E-state index >= 15 is 0 Å². The van der Waals surface area contributed by atoms with E-state index in [1.54, 1.807) is 14.0 Å². The number of methoxy groups -OCH3 is 1. The fourth-order valence-electron chi connectivity index (χ4n) is 9.98. The Morgan fingerprint density at radius 2 is 1.69 bits per heavy atom. The zero-order valence-corrected chi connectivity index (χ0v) is 30.0. The number of phenolic OH excluding ortho intramolecular Hbond substituents is 1. The molecule has 0 bridgehead atoms. The largest absolute Gasteiger partial charge is 0.507 e. The molecule has 2 saturated carbocycles. The number of hydrogen-bond acceptors (Lipinski definition) is 8. The van der Waals surface area contributed by atoms with E-state index in [0.29, 0.717) is 22.8 Å². The van der Waals surface area contributed by atoms with E-state index in [1.165, 1.54) is 0 Å². The van der Waals surface area contributed by atoms with Gasteiger partial charge in [0.25, 0.3) is 0 Å². The van der Waals surface area contributed by atoms with Crippen molar-refractivity contribution in [1.82, 2.24) is 0 Å². The highest BCUT2D eigenvalue weighted by atomic mass is 16.5. The van der Waals surface area contributed by atoms with Crippen molar-refractivity contribution in [3.05, 3.63) is 46.5 Å². The van der Waals surface area contributed by atoms with Gasteiger partial charge in [0.2, 0.25) is 5.91 Å². The van der Waals surface area contributed by atoms with Gasteiger partial charge in [-0.05, 0) is 82.7 Å². The number of aliphatic hydroxyl groups is 3. The fourth-order valence-corrected chi connectivity index (χ4v) is 9.98. The Morgan fingerprint density at radius 1 is 1.06 bits per heavy atom. The van der Waals surface area contributed by atoms with Crippen molar-refractivity contribution in [2.24, 2.45) is 46.2 Å². The summed E-state index contributed by atoms with van der Waals surface area (Å²) in [6.45, 7) is 17.3. The van der Waals surface area contributed by atoms with Crippen LogP contribution >= 0.6 is 0 Å². The van der Waals surface area contributed by atoms with E-state index in [9.17, 15) is 34.8 Å². The zero-order valence-electron chi connectivity index (χ0n) is 30.0. The number of primary amides is 1. The molecule has 5 rings (SSSR count). The Kier molecular flexibility index (Phi) is 8.75. The van der Waals surface area contributed by atoms with E-state index in [4.69, 9.17) is 10.5 Å². The van der Waals surface area contributed by atoms with Crippen LogP contribution in [0.25, 0.3) is 11.1 Å². The highest BCUT2D eigenvalue weighted by Gasteiger charge is 2.76. The maximum Gasteiger partial charge on any atom is 0.230 e. The minimum Gasteiger partial charge on any atom is -0.507 e. The third kappa shape index (κ3) is 5.02. The average molecular weight is 664 g/mol. The number of nitrogens with two attached hydrogens (primary N) is 1. The number of rotatable bonds is 6. The van der Waals surface area contributed by atoms with Crippen LogP contribution in [0.2, 0.25) is 0 Å². The van der Waals surface area contributed by atoms with Crippen LogP contribution in [0.15, 0.2) is 24.3 Å². The Hall–Kier alpha value is -3.27. The number of carbonyl (C=O) groups excluding carboxylic acids is 3. The summed E-state index contributed by atoms with van der Waals surface area (Å²) in [5.74, 6) is -6.14. The van der Waals surface area contributed by atoms with Crippen LogP contribution < -0.4 is 10.5 Å². The molecule has 6 N–H and O–H groups in total. The smallest absolute Gasteiger partial charge is 0.230 e. The summed E-state index contributed by atoms with van der Waals surface area (Å²) in [6.07, 6.45) is -2.30. The van der Waals surface area contributed by atoms with Crippen LogP contribution in [0.1, 0.15) is 95.8 Å². The number of phenols is 1. The number of carbonyl (C=O) groups is 3. The SMILES string of the molecule is COc1ccc(CC(C)C)cc1-c1cc(C(C)(C)C)c(O)c2c1C[C@]1(C)C[C@]3(C)[C@@H](C(C)C)C(O)[C@@H](C(N)=O)C(=O)[C@]3(O)C(O)[C@H]1C2=O. The zero-order chi connectivity index (χ0) is 36.0. The summed E-state index contributed by atoms with van der Waals surface area (Å²) in [4.78, 5) is 41.6. The lowest BCUT2D eigenvalue weighted by Gasteiger charge is -2.66. The molecule has 0 saturated heterocycles. The molecule has 2 fully saturated rings. The van der Waals surface area contributed by atoms with Crippen molar-refractivity contribution in [1.29, 1.82) is 0 Å². The molecule has 262 valence electrons. The average Bonchev–Trinajstić information content (AvgIpc) is 2.93. The fraction of sp³-hybridized carbons (Fsp3) is 0.615. The monoisotopic (exact) mass is 663 g/mol. The lowest BCUT2D eigenvalue weighted by atomic mass is 9.39. The molecule has 9 heteroatoms. The maximum absolute atomic E-state index is 14.9. The summed E-state index contributed by atoms with van der Waals surface area (Å²) < 4.78 is 5.85. The van der Waals surface area contributed by atoms with Crippen LogP contribution in [-0.4, -0.2) is 62.8 Å². The summed E-state index contributed by atoms with van der Waals surface area (Å²) in [6, 6.07) is 7.95. The lowest BCUT2D eigenvalue weighted by Crippen LogP contribution is -2.79. The predicted molar refractivity (Wildman–Crippen MR) is 183 cm³/mol. The summed E-state index contributed by atoms with van der Waals surface area (Å²) in [5.41, 5.74) is 3.79. The quantitative estimate of drug-likeness (QED) is 0.276. The third-order valence-corrected chi connectivity index (χ3v) is 11.8. The van der Waals surface area contributed by atoms with Crippen LogP contribution in [0.4, 0.5) is 0 Å². The van der Waals surface area contributed by atoms with Crippen LogP contribution in [0, 0.1) is 40.4 Å². The normalized spacial score (nSPS) is 33.4. The Balaban J connectivity index is 1.82. The molecule has 3 aliphatic carbocycles. The van der Waals surface area contributed by atoms with Gasteiger partial charge in [-0.15, -0.1) is 0 Å². The number of ether oxygens (including phenoxy) is 1. The lowest BCUT2D eigenvalue weighted by molar-refractivity contribution is -0.265. The number of fused-ring (bicyclic) bond motifs is 3. The summed E-state index contributed by atoms with van der Waals surface area (Å²) in [7, 11) is 1.59. The summed E-state index contributed by atoms with van der Waals surface area (Å²) >= 11 is 0. The van der Waals surface area contributed by atoms with Crippen molar-refractivity contribution in [2.45, 2.75) is 105 Å². The summed E-state index contributed by atoms with van der Waals surface area (Å²) in [5, 5.41) is 48.1. The molecule has 48 heavy (non-hydrogen) atoms. The van der Waals surface area contributed by atoms with Gasteiger partial charge in [-0.2, -0.15) is 0 Å². The van der Waals surface area contributed by atoms with E-state index in [-0.39, 0.29) is 30.1 Å². The van der Waals surface area contributed by atoms with Crippen molar-refractivity contribution < 1.29 is 39.5 Å². The minimum atomic E-state index is -2.56. The van der Waals surface area contributed by atoms with Gasteiger partial charge in [0.15, 0.2) is 17.2 Å². The van der Waals surface area contributed by atoms with Crippen molar-refractivity contribution in [3.8, 4) is 22.6 Å². The predicted octanol–water partition coefficient (Wildman–Crippen LogP) is 4.74. The molecule has 0 heterocycles. The van der Waals surface area contributed by atoms with Crippen LogP contribution in [-0.2, 0) is 27.8 Å². The molecule has 2 aromatic rings. The van der Waals surface area contributed by atoms with E-state index in [0.717, 1.165) is 23.1 Å². The number of hydrogen-bond donors (Lipinski definition) is 5. The highest BCUT2D eigenvalue weighted by Crippen LogP contribution is 2.66. The number of benzene rings is 2. The number of ketones is 2. The van der Waals surface area contributed by atoms with Crippen molar-refractivity contribution >= 4 is 17.5 Å². The second-order valence-electron chi connectivity index (χ2n) is 17.0. The number of aromatic hydroxyl groups is 1. The standard InChI is InChI=1S/C39H53NO8/c1-18(2)13-20-11-12-25(48-10)22(14-20)21-15-24(36(5,6)7)30(41)26-23(21)16-37(8)17-38(9)28(19(3)4)32(43)27(35(40)46)33(44)39(38,47)34(45)29(37)31(26)42/h11-12,14-15,18-19,27-29,32,34,41,43,45,47H,13,16-17H2,1-10H3,(H2,40,46)/t27-,28+,29-,32?,34?,37-,38-,39+/m1/s1. The topological polar surface area (TPSA) is 167 Å². The Bertz CT molecular complexity index is 1670. The van der Waals surface area contributed by atoms with Crippen molar-refractivity contribution in [3.63, 3.8) is 0 Å². The van der Waals surface area contributed by atoms with Crippen LogP contribution in [0.3, 0.4) is 0 Å². The number of aliphatic hydroxyl groups excluding tert-OH is 2. The molecular formula is C39H53NO8. The molecule has 8 atom stereocenters. The van der Waals surface area contributed by atoms with Crippen molar-refractivity contribution in [2.75, 3.05) is 7.11 Å². The van der Waals surface area contributed by atoms with Gasteiger partial charge in [0.1, 0.15) is 23.5 Å². The first kappa shape index (κ1) is 36.0. The highest BCUT2D eigenvalue weighted by molar-refractivity contribution is 6.10. The maximum atomic E-state index is 14.9. The van der Waals surface area contributed by atoms with E-state index < -0.39 is 69.3 Å². The molecule has 2 unspecified atom stereocenters. The molecule has 1 amide bonds. The number of Topliss-reactive ketones (excluding diaryl/α,β-unsaturated/α-hetero) is 2. The van der Waals surface area contributed by atoms with Gasteiger partial charge in [-0.25, -0.2) is 0 Å². The van der Waals surface area contributed by atoms with Gasteiger partial charge in [-0.1, -0.05) is 68.4 Å². The minimum absolute atomic E-state index is 0.0534. The first-order chi connectivity index (χ1) is 22.1. The van der Waals surface area contributed by atoms with Gasteiger partial charge in [0, 0.05) is 16.5 Å². The molecule has 9 nitrogen and oxygen atoms in total. The molecule has 2 aromatic carbocycles. The second-order valence-corrected chi connectivity index (χ2v) is 17.0. The van der Waals surface area contributed by atoms with E-state index in [1.807, 2.05) is 59.7 Å².